The largest absolute Gasteiger partial charge is 0.497 e. The van der Waals surface area contributed by atoms with Crippen molar-refractivity contribution < 1.29 is 46.6 Å². The number of rotatable bonds is 18. The van der Waals surface area contributed by atoms with Crippen molar-refractivity contribution >= 4 is 28.0 Å². The van der Waals surface area contributed by atoms with Crippen LogP contribution in [0, 0.1) is 0 Å². The molecule has 1 fully saturated rings. The number of ketones is 1. The molecule has 1 saturated heterocycles. The van der Waals surface area contributed by atoms with E-state index in [2.05, 4.69) is 10.2 Å². The van der Waals surface area contributed by atoms with Gasteiger partial charge >= 0.3 is 12.2 Å². The zero-order chi connectivity index (χ0) is 39.1. The van der Waals surface area contributed by atoms with Crippen molar-refractivity contribution in [2.45, 2.75) is 57.3 Å². The lowest BCUT2D eigenvalue weighted by Crippen LogP contribution is -2.50. The van der Waals surface area contributed by atoms with E-state index in [9.17, 15) is 22.8 Å². The Balaban J connectivity index is 1.36. The topological polar surface area (TPSA) is 153 Å². The highest BCUT2D eigenvalue weighted by Gasteiger charge is 2.36. The number of carbonyl (C=O) groups is 3. The second-order valence-electron chi connectivity index (χ2n) is 13.7. The molecule has 1 N–H and O–H groups in total. The first-order chi connectivity index (χ1) is 25.8. The minimum absolute atomic E-state index is 0.0506. The van der Waals surface area contributed by atoms with Gasteiger partial charge in [0.2, 0.25) is 0 Å². The Labute approximate surface area is 318 Å². The van der Waals surface area contributed by atoms with Crippen molar-refractivity contribution in [3.05, 3.63) is 84.4 Å². The van der Waals surface area contributed by atoms with Crippen LogP contribution in [0.2, 0.25) is 0 Å². The second kappa shape index (κ2) is 20.2. The molecule has 1 aliphatic heterocycles. The van der Waals surface area contributed by atoms with E-state index in [1.54, 1.807) is 24.1 Å². The molecule has 4 rings (SSSR count). The Bertz CT molecular complexity index is 1740. The highest BCUT2D eigenvalue weighted by molar-refractivity contribution is 7.89. The fourth-order valence-electron chi connectivity index (χ4n) is 5.54. The minimum atomic E-state index is -4.37. The molecule has 0 aromatic heterocycles. The molecule has 2 amide bonds. The first kappa shape index (κ1) is 42.2. The van der Waals surface area contributed by atoms with Crippen LogP contribution in [0.3, 0.4) is 0 Å². The van der Waals surface area contributed by atoms with Gasteiger partial charge in [0.1, 0.15) is 24.0 Å². The van der Waals surface area contributed by atoms with Crippen LogP contribution in [-0.4, -0.2) is 118 Å². The Morgan fingerprint density at radius 1 is 0.852 bits per heavy atom. The van der Waals surface area contributed by atoms with Gasteiger partial charge in [-0.15, -0.1) is 0 Å². The molecule has 1 heterocycles. The van der Waals surface area contributed by atoms with E-state index in [0.717, 1.165) is 16.7 Å². The normalized spacial score (nSPS) is 14.4. The van der Waals surface area contributed by atoms with Crippen LogP contribution < -0.4 is 10.1 Å². The smallest absolute Gasteiger partial charge is 0.410 e. The summed E-state index contributed by atoms with van der Waals surface area (Å²) in [4.78, 5) is 47.3. The average molecular weight is 769 g/mol. The molecule has 0 radical (unpaired) electrons. The van der Waals surface area contributed by atoms with Gasteiger partial charge in [-0.1, -0.05) is 59.1 Å². The van der Waals surface area contributed by atoms with Crippen molar-refractivity contribution in [2.24, 2.45) is 0 Å². The summed E-state index contributed by atoms with van der Waals surface area (Å²) in [5.74, 6) is 0.224. The molecule has 0 spiro atoms. The van der Waals surface area contributed by atoms with E-state index in [1.807, 2.05) is 75.4 Å². The summed E-state index contributed by atoms with van der Waals surface area (Å²) >= 11 is 0. The Morgan fingerprint density at radius 3 is 2.07 bits per heavy atom. The molecule has 3 aromatic rings. The Kier molecular flexibility index (Phi) is 15.8. The number of piperazine rings is 1. The van der Waals surface area contributed by atoms with Gasteiger partial charge in [-0.3, -0.25) is 14.5 Å². The van der Waals surface area contributed by atoms with Crippen molar-refractivity contribution in [3.8, 4) is 16.9 Å². The molecule has 14 nitrogen and oxygen atoms in total. The summed E-state index contributed by atoms with van der Waals surface area (Å²) < 4.78 is 50.6. The molecule has 15 heteroatoms. The van der Waals surface area contributed by atoms with E-state index < -0.39 is 33.5 Å². The molecule has 3 aromatic carbocycles. The number of benzene rings is 3. The first-order valence-electron chi connectivity index (χ1n) is 17.9. The van der Waals surface area contributed by atoms with Gasteiger partial charge in [0, 0.05) is 39.3 Å². The number of nitrogens with zero attached hydrogens (tertiary/aromatic N) is 3. The maximum Gasteiger partial charge on any atom is 0.410 e. The van der Waals surface area contributed by atoms with Crippen molar-refractivity contribution in [3.63, 3.8) is 0 Å². The van der Waals surface area contributed by atoms with Gasteiger partial charge in [0.25, 0.3) is 10.0 Å². The zero-order valence-corrected chi connectivity index (χ0v) is 32.5. The number of alkyl carbamates (subject to hydrolysis) is 1. The number of methoxy groups -OCH3 is 1. The number of nitrogens with one attached hydrogen (secondary N) is 1. The zero-order valence-electron chi connectivity index (χ0n) is 31.7. The lowest BCUT2D eigenvalue weighted by molar-refractivity contribution is -0.149. The van der Waals surface area contributed by atoms with Gasteiger partial charge in [-0.2, -0.15) is 0 Å². The van der Waals surface area contributed by atoms with Crippen LogP contribution in [0.25, 0.3) is 11.1 Å². The summed E-state index contributed by atoms with van der Waals surface area (Å²) in [5, 5.41) is 2.59. The molecule has 294 valence electrons. The van der Waals surface area contributed by atoms with Gasteiger partial charge in [-0.05, 0) is 75.1 Å². The maximum absolute atomic E-state index is 14.1. The van der Waals surface area contributed by atoms with E-state index >= 15 is 0 Å². The molecule has 0 bridgehead atoms. The predicted octanol–water partition coefficient (Wildman–Crippen LogP) is 5.13. The van der Waals surface area contributed by atoms with Crippen LogP contribution in [0.4, 0.5) is 9.59 Å². The Morgan fingerprint density at radius 2 is 1.48 bits per heavy atom. The number of Topliss-reactive ketones (excluding diaryl/α,β-unsaturated/α-hetero) is 1. The number of amides is 2. The number of hydrogen-bond acceptors (Lipinski definition) is 11. The summed E-state index contributed by atoms with van der Waals surface area (Å²) in [5.41, 5.74) is 1.90. The molecule has 1 atom stereocenters. The molecular weight excluding hydrogens is 717 g/mol. The fraction of sp³-hybridized carbons (Fsp3) is 0.462. The van der Waals surface area contributed by atoms with Crippen LogP contribution in [0.15, 0.2) is 83.8 Å². The molecule has 0 aliphatic carbocycles. The van der Waals surface area contributed by atoms with Crippen LogP contribution in [0.1, 0.15) is 39.7 Å². The summed E-state index contributed by atoms with van der Waals surface area (Å²) in [6.45, 7) is 10.0. The highest BCUT2D eigenvalue weighted by Crippen LogP contribution is 2.26. The minimum Gasteiger partial charge on any atom is -0.497 e. The number of hydroxylamine groups is 1. The molecule has 0 unspecified atom stereocenters. The van der Waals surface area contributed by atoms with Crippen LogP contribution >= 0.6 is 0 Å². The van der Waals surface area contributed by atoms with Gasteiger partial charge in [0.05, 0.1) is 31.8 Å². The third-order valence-electron chi connectivity index (χ3n) is 8.46. The predicted molar refractivity (Wildman–Crippen MR) is 202 cm³/mol. The van der Waals surface area contributed by atoms with E-state index in [0.29, 0.717) is 49.5 Å². The maximum atomic E-state index is 14.1. The lowest BCUT2D eigenvalue weighted by Gasteiger charge is -2.35. The quantitative estimate of drug-likeness (QED) is 0.135. The molecule has 0 saturated carbocycles. The SMILES string of the molecule is COc1ccc(-c2ccc(S(=O)(=O)N(OCCOCCN3CCN(C(=O)OC(C)(C)C)CC3)[C@H](CCNC(=O)OCc3ccccc3)C(C)=O)cc2)cc1. The molecule has 1 aliphatic rings. The summed E-state index contributed by atoms with van der Waals surface area (Å²) in [6, 6.07) is 21.5. The molecular formula is C39H52N4O10S. The van der Waals surface area contributed by atoms with Crippen LogP contribution in [-0.2, 0) is 40.5 Å². The van der Waals surface area contributed by atoms with Gasteiger partial charge < -0.3 is 29.2 Å². The first-order valence-corrected chi connectivity index (χ1v) is 19.4. The molecule has 54 heavy (non-hydrogen) atoms. The van der Waals surface area contributed by atoms with Gasteiger partial charge in [-0.25, -0.2) is 18.0 Å². The van der Waals surface area contributed by atoms with Crippen molar-refractivity contribution in [2.75, 3.05) is 66.2 Å². The summed E-state index contributed by atoms with van der Waals surface area (Å²) in [7, 11) is -2.79. The number of sulfonamides is 1. The second-order valence-corrected chi connectivity index (χ2v) is 15.5. The number of ether oxygens (including phenoxy) is 4. The van der Waals surface area contributed by atoms with E-state index in [1.165, 1.54) is 19.1 Å². The highest BCUT2D eigenvalue weighted by atomic mass is 32.2. The lowest BCUT2D eigenvalue weighted by atomic mass is 10.1. The Hall–Kier alpha value is -4.54. The summed E-state index contributed by atoms with van der Waals surface area (Å²) in [6.07, 6.45) is -1.11. The van der Waals surface area contributed by atoms with Gasteiger partial charge in [0.15, 0.2) is 5.78 Å². The third-order valence-corrected chi connectivity index (χ3v) is 10.2. The van der Waals surface area contributed by atoms with Crippen molar-refractivity contribution in [1.29, 1.82) is 0 Å². The number of hydrogen-bond donors (Lipinski definition) is 1. The fourth-order valence-corrected chi connectivity index (χ4v) is 7.03. The van der Waals surface area contributed by atoms with Crippen molar-refractivity contribution in [1.82, 2.24) is 19.6 Å². The van der Waals surface area contributed by atoms with Crippen LogP contribution in [0.5, 0.6) is 5.75 Å². The monoisotopic (exact) mass is 768 g/mol. The third kappa shape index (κ3) is 13.1. The van der Waals surface area contributed by atoms with E-state index in [4.69, 9.17) is 23.8 Å². The number of carbonyl (C=O) groups excluding carboxylic acids is 3. The van der Waals surface area contributed by atoms with E-state index in [-0.39, 0.29) is 43.8 Å². The standard InChI is InChI=1S/C39H52N4O10S/c1-30(44)36(19-20-40-37(45)51-29-31-9-7-6-8-10-31)43(54(47,48)35-17-13-33(14-18-35)32-11-15-34(49-5)16-12-32)52-28-27-50-26-25-41-21-23-42(24-22-41)38(46)53-39(2,3)4/h6-18,36H,19-29H2,1-5H3,(H,40,45)/t36-/m1/s1. The average Bonchev–Trinajstić information content (AvgIpc) is 3.15.